The quantitative estimate of drug-likeness (QED) is 0.386. The number of hydrogen-bond donors (Lipinski definition) is 0. The van der Waals surface area contributed by atoms with E-state index in [-0.39, 0.29) is 5.41 Å². The van der Waals surface area contributed by atoms with Gasteiger partial charge >= 0.3 is 0 Å². The molecular formula is C21H21N. The summed E-state index contributed by atoms with van der Waals surface area (Å²) in [6.45, 7) is 6.89. The molecule has 1 nitrogen and oxygen atoms in total. The number of nitrogens with zero attached hydrogens (tertiary/aromatic N) is 1. The molecule has 0 radical (unpaired) electrons. The molecule has 0 bridgehead atoms. The zero-order valence-electron chi connectivity index (χ0n) is 13.6. The van der Waals surface area contributed by atoms with Gasteiger partial charge in [-0.25, -0.2) is 0 Å². The van der Waals surface area contributed by atoms with Crippen LogP contribution in [0.4, 0.5) is 0 Å². The number of fused-ring (bicyclic) bond motifs is 5. The van der Waals surface area contributed by atoms with Crippen molar-refractivity contribution in [2.75, 3.05) is 0 Å². The Morgan fingerprint density at radius 1 is 0.727 bits per heavy atom. The lowest BCUT2D eigenvalue weighted by atomic mass is 9.83. The molecule has 0 saturated heterocycles. The third kappa shape index (κ3) is 1.72. The predicted octanol–water partition coefficient (Wildman–Crippen LogP) is 5.78. The first kappa shape index (κ1) is 13.4. The highest BCUT2D eigenvalue weighted by Crippen LogP contribution is 2.39. The molecule has 0 unspecified atom stereocenters. The summed E-state index contributed by atoms with van der Waals surface area (Å²) in [5.74, 6) is 0. The molecule has 110 valence electrons. The Labute approximate surface area is 131 Å². The first-order chi connectivity index (χ1) is 10.5. The van der Waals surface area contributed by atoms with Crippen LogP contribution < -0.4 is 0 Å². The maximum absolute atomic E-state index is 2.33. The van der Waals surface area contributed by atoms with Gasteiger partial charge in [0.2, 0.25) is 0 Å². The Bertz CT molecular complexity index is 1010. The minimum atomic E-state index is 0.130. The summed E-state index contributed by atoms with van der Waals surface area (Å²) in [6.07, 6.45) is 0. The number of rotatable bonds is 0. The van der Waals surface area contributed by atoms with E-state index in [1.807, 2.05) is 0 Å². The average molecular weight is 287 g/mol. The molecular weight excluding hydrogens is 266 g/mol. The van der Waals surface area contributed by atoms with Gasteiger partial charge in [0.15, 0.2) is 0 Å². The van der Waals surface area contributed by atoms with Crippen LogP contribution in [0.15, 0.2) is 54.6 Å². The third-order valence-corrected chi connectivity index (χ3v) is 4.73. The highest BCUT2D eigenvalue weighted by molar-refractivity contribution is 6.21. The SMILES string of the molecule is Cn1c2cccc(C(C)(C)C)c2c2c3ccccc3ccc21. The van der Waals surface area contributed by atoms with Gasteiger partial charge in [0.25, 0.3) is 0 Å². The Morgan fingerprint density at radius 2 is 1.45 bits per heavy atom. The van der Waals surface area contributed by atoms with Crippen molar-refractivity contribution in [1.29, 1.82) is 0 Å². The molecule has 4 rings (SSSR count). The van der Waals surface area contributed by atoms with E-state index in [1.165, 1.54) is 38.1 Å². The van der Waals surface area contributed by atoms with E-state index >= 15 is 0 Å². The fourth-order valence-electron chi connectivity index (χ4n) is 3.64. The average Bonchev–Trinajstić information content (AvgIpc) is 2.80. The molecule has 1 aromatic heterocycles. The molecule has 0 amide bonds. The Hall–Kier alpha value is -2.28. The van der Waals surface area contributed by atoms with Gasteiger partial charge < -0.3 is 4.57 Å². The molecule has 0 fully saturated rings. The van der Waals surface area contributed by atoms with Crippen LogP contribution in [-0.4, -0.2) is 4.57 Å². The molecule has 0 spiro atoms. The summed E-state index contributed by atoms with van der Waals surface area (Å²) < 4.78 is 2.33. The van der Waals surface area contributed by atoms with Gasteiger partial charge in [0.05, 0.1) is 0 Å². The second kappa shape index (κ2) is 4.36. The van der Waals surface area contributed by atoms with Gasteiger partial charge in [-0.2, -0.15) is 0 Å². The molecule has 0 aliphatic rings. The van der Waals surface area contributed by atoms with Crippen molar-refractivity contribution in [3.05, 3.63) is 60.2 Å². The van der Waals surface area contributed by atoms with E-state index in [4.69, 9.17) is 0 Å². The fourth-order valence-corrected chi connectivity index (χ4v) is 3.64. The molecule has 0 aliphatic heterocycles. The topological polar surface area (TPSA) is 4.93 Å². The monoisotopic (exact) mass is 287 g/mol. The summed E-state index contributed by atoms with van der Waals surface area (Å²) in [5.41, 5.74) is 4.18. The molecule has 4 aromatic rings. The van der Waals surface area contributed by atoms with Gasteiger partial charge in [-0.15, -0.1) is 0 Å². The molecule has 0 N–H and O–H groups in total. The van der Waals surface area contributed by atoms with E-state index in [9.17, 15) is 0 Å². The number of aromatic nitrogens is 1. The molecule has 3 aromatic carbocycles. The molecule has 0 aliphatic carbocycles. The maximum Gasteiger partial charge on any atom is 0.0495 e. The van der Waals surface area contributed by atoms with Gasteiger partial charge in [0.1, 0.15) is 0 Å². The van der Waals surface area contributed by atoms with Crippen LogP contribution >= 0.6 is 0 Å². The first-order valence-electron chi connectivity index (χ1n) is 7.88. The van der Waals surface area contributed by atoms with Gasteiger partial charge in [-0.1, -0.05) is 63.2 Å². The second-order valence-corrected chi connectivity index (χ2v) is 7.19. The normalized spacial score (nSPS) is 12.5. The van der Waals surface area contributed by atoms with Crippen molar-refractivity contribution in [2.45, 2.75) is 26.2 Å². The minimum Gasteiger partial charge on any atom is -0.344 e. The lowest BCUT2D eigenvalue weighted by Gasteiger charge is -2.20. The van der Waals surface area contributed by atoms with Crippen LogP contribution in [0.25, 0.3) is 32.6 Å². The minimum absolute atomic E-state index is 0.130. The van der Waals surface area contributed by atoms with Crippen LogP contribution in [0.5, 0.6) is 0 Å². The lowest BCUT2D eigenvalue weighted by molar-refractivity contribution is 0.596. The summed E-state index contributed by atoms with van der Waals surface area (Å²) in [7, 11) is 2.17. The fraction of sp³-hybridized carbons (Fsp3) is 0.238. The van der Waals surface area contributed by atoms with Gasteiger partial charge in [-0.3, -0.25) is 0 Å². The van der Waals surface area contributed by atoms with Crippen LogP contribution in [0.1, 0.15) is 26.3 Å². The smallest absolute Gasteiger partial charge is 0.0495 e. The van der Waals surface area contributed by atoms with Crippen LogP contribution in [-0.2, 0) is 12.5 Å². The molecule has 0 atom stereocenters. The van der Waals surface area contributed by atoms with Crippen molar-refractivity contribution in [3.63, 3.8) is 0 Å². The molecule has 22 heavy (non-hydrogen) atoms. The largest absolute Gasteiger partial charge is 0.344 e. The van der Waals surface area contributed by atoms with E-state index in [2.05, 4.69) is 87.0 Å². The predicted molar refractivity (Wildman–Crippen MR) is 96.6 cm³/mol. The number of hydrogen-bond acceptors (Lipinski definition) is 0. The maximum atomic E-state index is 2.33. The van der Waals surface area contributed by atoms with Crippen LogP contribution in [0.3, 0.4) is 0 Å². The Morgan fingerprint density at radius 3 is 2.23 bits per heavy atom. The Balaban J connectivity index is 2.36. The van der Waals surface area contributed by atoms with Gasteiger partial charge in [-0.05, 0) is 33.9 Å². The van der Waals surface area contributed by atoms with Crippen molar-refractivity contribution < 1.29 is 0 Å². The molecule has 1 heteroatoms. The molecule has 0 saturated carbocycles. The molecule has 1 heterocycles. The first-order valence-corrected chi connectivity index (χ1v) is 7.88. The van der Waals surface area contributed by atoms with E-state index in [0.29, 0.717) is 0 Å². The number of benzene rings is 3. The lowest BCUT2D eigenvalue weighted by Crippen LogP contribution is -2.11. The van der Waals surface area contributed by atoms with Crippen molar-refractivity contribution in [2.24, 2.45) is 7.05 Å². The van der Waals surface area contributed by atoms with Crippen LogP contribution in [0.2, 0.25) is 0 Å². The summed E-state index contributed by atoms with van der Waals surface area (Å²) in [6, 6.07) is 19.9. The second-order valence-electron chi connectivity index (χ2n) is 7.19. The third-order valence-electron chi connectivity index (χ3n) is 4.73. The summed E-state index contributed by atoms with van der Waals surface area (Å²) in [5, 5.41) is 5.46. The van der Waals surface area contributed by atoms with Gasteiger partial charge in [0, 0.05) is 28.9 Å². The van der Waals surface area contributed by atoms with E-state index < -0.39 is 0 Å². The van der Waals surface area contributed by atoms with E-state index in [1.54, 1.807) is 0 Å². The summed E-state index contributed by atoms with van der Waals surface area (Å²) >= 11 is 0. The zero-order valence-corrected chi connectivity index (χ0v) is 13.6. The van der Waals surface area contributed by atoms with E-state index in [0.717, 1.165) is 0 Å². The highest BCUT2D eigenvalue weighted by Gasteiger charge is 2.21. The zero-order chi connectivity index (χ0) is 15.5. The number of aryl methyl sites for hydroxylation is 1. The highest BCUT2D eigenvalue weighted by atomic mass is 14.9. The van der Waals surface area contributed by atoms with Crippen LogP contribution in [0, 0.1) is 0 Å². The Kier molecular flexibility index (Phi) is 2.65. The van der Waals surface area contributed by atoms with Crippen molar-refractivity contribution in [1.82, 2.24) is 4.57 Å². The standard InChI is InChI=1S/C21H21N/c1-21(2,3)16-10-7-11-17-20(16)19-15-9-6-5-8-14(15)12-13-18(19)22(17)4/h5-13H,1-4H3. The summed E-state index contributed by atoms with van der Waals surface area (Å²) in [4.78, 5) is 0. The van der Waals surface area contributed by atoms with Crippen molar-refractivity contribution in [3.8, 4) is 0 Å². The van der Waals surface area contributed by atoms with Crippen molar-refractivity contribution >= 4 is 32.6 Å².